The van der Waals surface area contributed by atoms with Crippen molar-refractivity contribution < 1.29 is 32.3 Å². The van der Waals surface area contributed by atoms with Crippen LogP contribution in [-0.4, -0.2) is 36.0 Å². The van der Waals surface area contributed by atoms with E-state index in [1.807, 2.05) is 0 Å². The number of benzene rings is 1. The fourth-order valence-corrected chi connectivity index (χ4v) is 2.48. The lowest BCUT2D eigenvalue weighted by molar-refractivity contribution is 0.0686. The van der Waals surface area contributed by atoms with Crippen LogP contribution in [0.3, 0.4) is 0 Å². The average Bonchev–Trinajstić information content (AvgIpc) is 2.76. The number of sulfone groups is 1. The molecule has 0 bridgehead atoms. The summed E-state index contributed by atoms with van der Waals surface area (Å²) in [7, 11) is -4.01. The molecule has 0 saturated heterocycles. The number of carbonyl (C=O) groups is 1. The lowest BCUT2D eigenvalue weighted by atomic mass is 10.1. The van der Waals surface area contributed by atoms with Crippen molar-refractivity contribution in [1.82, 2.24) is 5.16 Å². The first-order chi connectivity index (χ1) is 9.21. The van der Waals surface area contributed by atoms with E-state index in [2.05, 4.69) is 9.68 Å². The van der Waals surface area contributed by atoms with Gasteiger partial charge in [-0.05, 0) is 12.1 Å². The Hall–Kier alpha value is -2.42. The summed E-state index contributed by atoms with van der Waals surface area (Å²) in [5, 5.41) is 21.3. The molecule has 0 fully saturated rings. The van der Waals surface area contributed by atoms with Gasteiger partial charge in [0.15, 0.2) is 27.1 Å². The minimum atomic E-state index is -4.01. The van der Waals surface area contributed by atoms with E-state index in [4.69, 9.17) is 5.11 Å². The lowest BCUT2D eigenvalue weighted by Crippen LogP contribution is -2.02. The molecule has 20 heavy (non-hydrogen) atoms. The molecular weight excluding hydrogens is 293 g/mol. The summed E-state index contributed by atoms with van der Waals surface area (Å²) in [6.45, 7) is 0. The Morgan fingerprint density at radius 3 is 2.55 bits per heavy atom. The molecule has 0 saturated carbocycles. The highest BCUT2D eigenvalue weighted by molar-refractivity contribution is 7.90. The Balaban J connectivity index is 2.67. The second-order valence-corrected chi connectivity index (χ2v) is 5.88. The molecule has 0 aliphatic heterocycles. The Morgan fingerprint density at radius 2 is 2.05 bits per heavy atom. The molecule has 2 rings (SSSR count). The summed E-state index contributed by atoms with van der Waals surface area (Å²) in [5.41, 5.74) is -0.767. The van der Waals surface area contributed by atoms with Crippen LogP contribution in [0.15, 0.2) is 27.6 Å². The van der Waals surface area contributed by atoms with Crippen molar-refractivity contribution in [2.45, 2.75) is 4.90 Å². The van der Waals surface area contributed by atoms with Crippen molar-refractivity contribution in [3.63, 3.8) is 0 Å². The van der Waals surface area contributed by atoms with E-state index in [1.54, 1.807) is 0 Å². The smallest absolute Gasteiger partial charge is 0.358 e. The predicted octanol–water partition coefficient (Wildman–Crippen LogP) is 1.29. The molecule has 0 radical (unpaired) electrons. The summed E-state index contributed by atoms with van der Waals surface area (Å²) >= 11 is 0. The third kappa shape index (κ3) is 2.35. The number of aromatic nitrogens is 1. The summed E-state index contributed by atoms with van der Waals surface area (Å²) < 4.78 is 41.7. The highest BCUT2D eigenvalue weighted by Gasteiger charge is 2.24. The maximum atomic E-state index is 14.2. The van der Waals surface area contributed by atoms with Crippen LogP contribution in [0.1, 0.15) is 10.5 Å². The zero-order valence-corrected chi connectivity index (χ0v) is 10.8. The van der Waals surface area contributed by atoms with E-state index in [0.29, 0.717) is 0 Å². The van der Waals surface area contributed by atoms with E-state index in [1.165, 1.54) is 0 Å². The number of phenols is 1. The van der Waals surface area contributed by atoms with Gasteiger partial charge in [0, 0.05) is 12.3 Å². The fourth-order valence-electron chi connectivity index (χ4n) is 1.59. The Bertz CT molecular complexity index is 795. The zero-order chi connectivity index (χ0) is 15.1. The van der Waals surface area contributed by atoms with Crippen LogP contribution in [0, 0.1) is 5.82 Å². The number of halogens is 1. The molecule has 0 atom stereocenters. The van der Waals surface area contributed by atoms with Gasteiger partial charge in [-0.1, -0.05) is 5.16 Å². The van der Waals surface area contributed by atoms with Crippen LogP contribution in [-0.2, 0) is 9.84 Å². The van der Waals surface area contributed by atoms with Gasteiger partial charge in [0.05, 0.1) is 5.56 Å². The molecule has 2 N–H and O–H groups in total. The van der Waals surface area contributed by atoms with Crippen molar-refractivity contribution in [3.8, 4) is 17.1 Å². The van der Waals surface area contributed by atoms with Crippen LogP contribution in [0.5, 0.6) is 5.75 Å². The molecule has 0 spiro atoms. The predicted molar refractivity (Wildman–Crippen MR) is 63.6 cm³/mol. The first kappa shape index (κ1) is 14.0. The molecule has 0 aliphatic rings. The molecule has 1 aromatic heterocycles. The van der Waals surface area contributed by atoms with Crippen molar-refractivity contribution in [3.05, 3.63) is 29.7 Å². The van der Waals surface area contributed by atoms with Gasteiger partial charge in [0.25, 0.3) is 0 Å². The van der Waals surface area contributed by atoms with E-state index >= 15 is 0 Å². The molecule has 2 aromatic rings. The minimum Gasteiger partial charge on any atom is -0.506 e. The number of rotatable bonds is 3. The van der Waals surface area contributed by atoms with Gasteiger partial charge in [-0.3, -0.25) is 0 Å². The van der Waals surface area contributed by atoms with Crippen LogP contribution in [0.4, 0.5) is 4.39 Å². The number of phenolic OH excluding ortho intramolecular Hbond substituents is 1. The highest BCUT2D eigenvalue weighted by Crippen LogP contribution is 2.33. The molecule has 106 valence electrons. The third-order valence-corrected chi connectivity index (χ3v) is 3.57. The molecule has 1 aromatic carbocycles. The third-order valence-electron chi connectivity index (χ3n) is 2.44. The summed E-state index contributed by atoms with van der Waals surface area (Å²) in [6.07, 6.45) is 0.734. The van der Waals surface area contributed by atoms with Crippen molar-refractivity contribution in [2.24, 2.45) is 0 Å². The van der Waals surface area contributed by atoms with Crippen molar-refractivity contribution in [1.29, 1.82) is 0 Å². The molecule has 7 nitrogen and oxygen atoms in total. The molecule has 9 heteroatoms. The zero-order valence-electron chi connectivity index (χ0n) is 9.99. The van der Waals surface area contributed by atoms with E-state index in [9.17, 15) is 22.7 Å². The number of aromatic carboxylic acids is 1. The van der Waals surface area contributed by atoms with E-state index in [-0.39, 0.29) is 11.3 Å². The molecule has 0 unspecified atom stereocenters. The topological polar surface area (TPSA) is 118 Å². The fraction of sp³-hybridized carbons (Fsp3) is 0.0909. The van der Waals surface area contributed by atoms with Crippen LogP contribution >= 0.6 is 0 Å². The van der Waals surface area contributed by atoms with Crippen molar-refractivity contribution in [2.75, 3.05) is 6.26 Å². The van der Waals surface area contributed by atoms with Crippen LogP contribution in [0.2, 0.25) is 0 Å². The monoisotopic (exact) mass is 301 g/mol. The Labute approximate surface area is 112 Å². The van der Waals surface area contributed by atoms with E-state index < -0.39 is 38.0 Å². The quantitative estimate of drug-likeness (QED) is 0.876. The number of nitrogens with zero attached hydrogens (tertiary/aromatic N) is 1. The maximum Gasteiger partial charge on any atom is 0.358 e. The van der Waals surface area contributed by atoms with Gasteiger partial charge in [-0.2, -0.15) is 0 Å². The number of hydrogen-bond acceptors (Lipinski definition) is 6. The second-order valence-electron chi connectivity index (χ2n) is 3.93. The normalized spacial score (nSPS) is 11.5. The standard InChI is InChI=1S/C11H8FNO6S/c1-20(17,18)10-7(14)3-2-5(9(10)12)8-4-6(11(15)16)13-19-8/h2-4,14H,1H3,(H,15,16). The molecule has 0 amide bonds. The second kappa shape index (κ2) is 4.60. The van der Waals surface area contributed by atoms with Crippen LogP contribution in [0.25, 0.3) is 11.3 Å². The summed E-state index contributed by atoms with van der Waals surface area (Å²) in [6, 6.07) is 2.98. The number of carboxylic acids is 1. The molecule has 1 heterocycles. The summed E-state index contributed by atoms with van der Waals surface area (Å²) in [5.74, 6) is -3.61. The molecular formula is C11H8FNO6S. The lowest BCUT2D eigenvalue weighted by Gasteiger charge is -2.06. The summed E-state index contributed by atoms with van der Waals surface area (Å²) in [4.78, 5) is 9.77. The van der Waals surface area contributed by atoms with Crippen LogP contribution < -0.4 is 0 Å². The highest BCUT2D eigenvalue weighted by atomic mass is 32.2. The van der Waals surface area contributed by atoms with Gasteiger partial charge < -0.3 is 14.7 Å². The van der Waals surface area contributed by atoms with Crippen molar-refractivity contribution >= 4 is 15.8 Å². The van der Waals surface area contributed by atoms with Gasteiger partial charge in [0.2, 0.25) is 0 Å². The first-order valence-electron chi connectivity index (χ1n) is 5.13. The minimum absolute atomic E-state index is 0.259. The number of hydrogen-bond donors (Lipinski definition) is 2. The number of carboxylic acid groups (broad SMARTS) is 1. The van der Waals surface area contributed by atoms with Gasteiger partial charge >= 0.3 is 5.97 Å². The van der Waals surface area contributed by atoms with Gasteiger partial charge in [-0.15, -0.1) is 0 Å². The molecule has 0 aliphatic carbocycles. The number of aromatic hydroxyl groups is 1. The Morgan fingerprint density at radius 1 is 1.40 bits per heavy atom. The maximum absolute atomic E-state index is 14.2. The largest absolute Gasteiger partial charge is 0.506 e. The Kier molecular flexibility index (Phi) is 3.22. The van der Waals surface area contributed by atoms with Gasteiger partial charge in [-0.25, -0.2) is 17.6 Å². The van der Waals surface area contributed by atoms with E-state index in [0.717, 1.165) is 24.5 Å². The van der Waals surface area contributed by atoms with Gasteiger partial charge in [0.1, 0.15) is 10.6 Å². The average molecular weight is 301 g/mol. The first-order valence-corrected chi connectivity index (χ1v) is 7.03. The SMILES string of the molecule is CS(=O)(=O)c1c(O)ccc(-c2cc(C(=O)O)no2)c1F.